The lowest BCUT2D eigenvalue weighted by Crippen LogP contribution is -2.45. The van der Waals surface area contributed by atoms with E-state index in [1.807, 2.05) is 42.5 Å². The molecule has 0 spiro atoms. The summed E-state index contributed by atoms with van der Waals surface area (Å²) in [6.45, 7) is 0.836. The van der Waals surface area contributed by atoms with E-state index in [1.54, 1.807) is 29.2 Å². The van der Waals surface area contributed by atoms with E-state index in [-0.39, 0.29) is 11.7 Å². The zero-order valence-corrected chi connectivity index (χ0v) is 16.5. The second-order valence-corrected chi connectivity index (χ2v) is 7.53. The van der Waals surface area contributed by atoms with E-state index in [2.05, 4.69) is 11.8 Å². The molecular formula is C26H22FNO2. The molecule has 4 heteroatoms. The average Bonchev–Trinajstić information content (AvgIpc) is 2.79. The number of aliphatic hydroxyl groups is 1. The Morgan fingerprint density at radius 3 is 2.13 bits per heavy atom. The molecule has 1 aliphatic rings. The van der Waals surface area contributed by atoms with E-state index in [9.17, 15) is 14.3 Å². The number of likely N-dealkylation sites (tertiary alicyclic amines) is 1. The SMILES string of the molecule is O=C(c1ccc(C#Cc2ccccc2)cc1)N1CCC(O)(c2cccc(F)c2)CC1. The first-order chi connectivity index (χ1) is 14.5. The van der Waals surface area contributed by atoms with Crippen molar-refractivity contribution in [1.82, 2.24) is 4.90 Å². The maximum atomic E-state index is 13.5. The molecule has 1 N–H and O–H groups in total. The molecule has 1 amide bonds. The largest absolute Gasteiger partial charge is 0.385 e. The van der Waals surface area contributed by atoms with Crippen LogP contribution >= 0.6 is 0 Å². The number of piperidine rings is 1. The molecule has 1 saturated heterocycles. The summed E-state index contributed by atoms with van der Waals surface area (Å²) in [6.07, 6.45) is 0.756. The van der Waals surface area contributed by atoms with Gasteiger partial charge in [-0.25, -0.2) is 4.39 Å². The highest BCUT2D eigenvalue weighted by Gasteiger charge is 2.35. The van der Waals surface area contributed by atoms with Crippen LogP contribution in [0.1, 0.15) is 39.9 Å². The highest BCUT2D eigenvalue weighted by atomic mass is 19.1. The summed E-state index contributed by atoms with van der Waals surface area (Å²) in [5.74, 6) is 5.77. The van der Waals surface area contributed by atoms with Gasteiger partial charge in [0.2, 0.25) is 0 Å². The van der Waals surface area contributed by atoms with E-state index >= 15 is 0 Å². The average molecular weight is 399 g/mol. The Bertz CT molecular complexity index is 1090. The second kappa shape index (κ2) is 8.52. The molecular weight excluding hydrogens is 377 g/mol. The molecule has 1 heterocycles. The van der Waals surface area contributed by atoms with E-state index in [4.69, 9.17) is 0 Å². The number of rotatable bonds is 2. The topological polar surface area (TPSA) is 40.5 Å². The van der Waals surface area contributed by atoms with Gasteiger partial charge in [0.25, 0.3) is 5.91 Å². The van der Waals surface area contributed by atoms with Gasteiger partial charge in [0.1, 0.15) is 5.82 Å². The van der Waals surface area contributed by atoms with Crippen molar-refractivity contribution in [2.24, 2.45) is 0 Å². The highest BCUT2D eigenvalue weighted by Crippen LogP contribution is 2.33. The lowest BCUT2D eigenvalue weighted by atomic mass is 9.84. The van der Waals surface area contributed by atoms with Crippen LogP contribution in [-0.4, -0.2) is 29.0 Å². The summed E-state index contributed by atoms with van der Waals surface area (Å²) < 4.78 is 13.5. The van der Waals surface area contributed by atoms with Crippen LogP contribution in [-0.2, 0) is 5.60 Å². The molecule has 1 aliphatic heterocycles. The molecule has 0 bridgehead atoms. The van der Waals surface area contributed by atoms with Gasteiger partial charge < -0.3 is 10.0 Å². The van der Waals surface area contributed by atoms with E-state index in [0.717, 1.165) is 11.1 Å². The minimum atomic E-state index is -1.10. The minimum absolute atomic E-state index is 0.0705. The van der Waals surface area contributed by atoms with Gasteiger partial charge in [-0.1, -0.05) is 42.2 Å². The fourth-order valence-corrected chi connectivity index (χ4v) is 3.69. The van der Waals surface area contributed by atoms with E-state index in [1.165, 1.54) is 12.1 Å². The van der Waals surface area contributed by atoms with Crippen molar-refractivity contribution in [3.05, 3.63) is 107 Å². The molecule has 4 rings (SSSR count). The zero-order valence-electron chi connectivity index (χ0n) is 16.5. The number of carbonyl (C=O) groups excluding carboxylic acids is 1. The Morgan fingerprint density at radius 1 is 0.867 bits per heavy atom. The summed E-state index contributed by atoms with van der Waals surface area (Å²) in [7, 11) is 0. The van der Waals surface area contributed by atoms with Crippen molar-refractivity contribution in [3.8, 4) is 11.8 Å². The summed E-state index contributed by atoms with van der Waals surface area (Å²) in [5, 5.41) is 10.9. The van der Waals surface area contributed by atoms with Crippen molar-refractivity contribution in [1.29, 1.82) is 0 Å². The third-order valence-corrected chi connectivity index (χ3v) is 5.50. The van der Waals surface area contributed by atoms with Crippen LogP contribution in [0.3, 0.4) is 0 Å². The number of halogens is 1. The number of nitrogens with zero attached hydrogens (tertiary/aromatic N) is 1. The fourth-order valence-electron chi connectivity index (χ4n) is 3.69. The van der Waals surface area contributed by atoms with Crippen LogP contribution in [0.5, 0.6) is 0 Å². The van der Waals surface area contributed by atoms with Crippen LogP contribution in [0.2, 0.25) is 0 Å². The van der Waals surface area contributed by atoms with Gasteiger partial charge in [-0.05, 0) is 66.9 Å². The molecule has 0 unspecified atom stereocenters. The Hall–Kier alpha value is -3.42. The first-order valence-corrected chi connectivity index (χ1v) is 9.98. The smallest absolute Gasteiger partial charge is 0.253 e. The van der Waals surface area contributed by atoms with Crippen LogP contribution < -0.4 is 0 Å². The van der Waals surface area contributed by atoms with Crippen molar-refractivity contribution >= 4 is 5.91 Å². The lowest BCUT2D eigenvalue weighted by Gasteiger charge is -2.38. The first kappa shape index (κ1) is 19.9. The third-order valence-electron chi connectivity index (χ3n) is 5.50. The predicted molar refractivity (Wildman–Crippen MR) is 114 cm³/mol. The van der Waals surface area contributed by atoms with Crippen LogP contribution in [0.4, 0.5) is 4.39 Å². The van der Waals surface area contributed by atoms with Crippen molar-refractivity contribution in [3.63, 3.8) is 0 Å². The molecule has 0 saturated carbocycles. The molecule has 0 radical (unpaired) electrons. The van der Waals surface area contributed by atoms with Gasteiger partial charge in [0.05, 0.1) is 5.60 Å². The number of carbonyl (C=O) groups is 1. The first-order valence-electron chi connectivity index (χ1n) is 9.98. The zero-order chi connectivity index (χ0) is 21.0. The Balaban J connectivity index is 1.40. The normalized spacial score (nSPS) is 15.2. The van der Waals surface area contributed by atoms with Gasteiger partial charge in [-0.3, -0.25) is 4.79 Å². The summed E-state index contributed by atoms with van der Waals surface area (Å²) in [4.78, 5) is 14.6. The summed E-state index contributed by atoms with van der Waals surface area (Å²) in [6, 6.07) is 23.1. The van der Waals surface area contributed by atoms with Crippen molar-refractivity contribution in [2.75, 3.05) is 13.1 Å². The molecule has 0 aromatic heterocycles. The second-order valence-electron chi connectivity index (χ2n) is 7.53. The minimum Gasteiger partial charge on any atom is -0.385 e. The van der Waals surface area contributed by atoms with Gasteiger partial charge in [-0.2, -0.15) is 0 Å². The van der Waals surface area contributed by atoms with Crippen LogP contribution in [0.25, 0.3) is 0 Å². The standard InChI is InChI=1S/C26H22FNO2/c27-24-8-4-7-23(19-24)26(30)15-17-28(18-16-26)25(29)22-13-11-21(12-14-22)10-9-20-5-2-1-3-6-20/h1-8,11-14,19,30H,15-18H2. The van der Waals surface area contributed by atoms with Gasteiger partial charge in [0, 0.05) is 29.8 Å². The molecule has 3 nitrogen and oxygen atoms in total. The van der Waals surface area contributed by atoms with E-state index in [0.29, 0.717) is 37.1 Å². The Kier molecular flexibility index (Phi) is 5.65. The Morgan fingerprint density at radius 2 is 1.50 bits per heavy atom. The monoisotopic (exact) mass is 399 g/mol. The van der Waals surface area contributed by atoms with Gasteiger partial charge in [0.15, 0.2) is 0 Å². The van der Waals surface area contributed by atoms with Crippen LogP contribution in [0, 0.1) is 17.7 Å². The number of hydrogen-bond donors (Lipinski definition) is 1. The maximum absolute atomic E-state index is 13.5. The molecule has 1 fully saturated rings. The van der Waals surface area contributed by atoms with Gasteiger partial charge >= 0.3 is 0 Å². The van der Waals surface area contributed by atoms with E-state index < -0.39 is 5.60 Å². The molecule has 150 valence electrons. The predicted octanol–water partition coefficient (Wildman–Crippen LogP) is 4.35. The third kappa shape index (κ3) is 4.42. The Labute approximate surface area is 175 Å². The summed E-state index contributed by atoms with van der Waals surface area (Å²) in [5.41, 5.74) is 1.84. The molecule has 30 heavy (non-hydrogen) atoms. The molecule has 3 aromatic carbocycles. The van der Waals surface area contributed by atoms with Crippen molar-refractivity contribution in [2.45, 2.75) is 18.4 Å². The fraction of sp³-hybridized carbons (Fsp3) is 0.192. The van der Waals surface area contributed by atoms with Crippen LogP contribution in [0.15, 0.2) is 78.9 Å². The van der Waals surface area contributed by atoms with Crippen molar-refractivity contribution < 1.29 is 14.3 Å². The number of benzene rings is 3. The highest BCUT2D eigenvalue weighted by molar-refractivity contribution is 5.94. The lowest BCUT2D eigenvalue weighted by molar-refractivity contribution is -0.0213. The summed E-state index contributed by atoms with van der Waals surface area (Å²) >= 11 is 0. The quantitative estimate of drug-likeness (QED) is 0.651. The maximum Gasteiger partial charge on any atom is 0.253 e. The number of amides is 1. The van der Waals surface area contributed by atoms with Gasteiger partial charge in [-0.15, -0.1) is 0 Å². The molecule has 0 aliphatic carbocycles. The molecule has 0 atom stereocenters. The number of hydrogen-bond acceptors (Lipinski definition) is 2. The molecule has 3 aromatic rings.